The molecule has 6 heteroatoms. The van der Waals surface area contributed by atoms with Gasteiger partial charge in [0.05, 0.1) is 18.1 Å². The Morgan fingerprint density at radius 2 is 1.93 bits per heavy atom. The Morgan fingerprint density at radius 1 is 1.18 bits per heavy atom. The van der Waals surface area contributed by atoms with Crippen molar-refractivity contribution in [1.82, 2.24) is 4.90 Å². The van der Waals surface area contributed by atoms with Crippen LogP contribution in [-0.2, 0) is 16.1 Å². The van der Waals surface area contributed by atoms with Gasteiger partial charge in [-0.2, -0.15) is 0 Å². The lowest BCUT2D eigenvalue weighted by Crippen LogP contribution is -2.40. The first-order valence-electron chi connectivity index (χ1n) is 9.60. The molecule has 148 valence electrons. The van der Waals surface area contributed by atoms with Crippen molar-refractivity contribution < 1.29 is 18.7 Å². The number of ether oxygens (including phenoxy) is 1. The quantitative estimate of drug-likeness (QED) is 0.769. The zero-order chi connectivity index (χ0) is 19.9. The third-order valence-corrected chi connectivity index (χ3v) is 4.89. The van der Waals surface area contributed by atoms with E-state index >= 15 is 0 Å². The van der Waals surface area contributed by atoms with E-state index in [0.29, 0.717) is 36.5 Å². The summed E-state index contributed by atoms with van der Waals surface area (Å²) in [5.74, 6) is -0.792. The molecule has 1 saturated heterocycles. The van der Waals surface area contributed by atoms with Crippen molar-refractivity contribution in [2.24, 2.45) is 5.92 Å². The van der Waals surface area contributed by atoms with Crippen LogP contribution in [0.1, 0.15) is 35.7 Å². The summed E-state index contributed by atoms with van der Waals surface area (Å²) in [5.41, 5.74) is 1.75. The van der Waals surface area contributed by atoms with Crippen LogP contribution in [0.4, 0.5) is 10.1 Å². The Labute approximate surface area is 164 Å². The molecule has 2 aromatic carbocycles. The van der Waals surface area contributed by atoms with Crippen LogP contribution < -0.4 is 5.32 Å². The Kier molecular flexibility index (Phi) is 6.76. The SMILES string of the molecule is CCOC(=O)c1ccc(NC(=O)C2CCCN(Cc3ccccc3F)C2)cc1. The first kappa shape index (κ1) is 20.0. The van der Waals surface area contributed by atoms with Crippen molar-refractivity contribution in [2.75, 3.05) is 25.0 Å². The number of hydrogen-bond donors (Lipinski definition) is 1. The number of rotatable bonds is 6. The molecule has 0 aliphatic carbocycles. The van der Waals surface area contributed by atoms with E-state index in [9.17, 15) is 14.0 Å². The molecule has 2 aromatic rings. The minimum Gasteiger partial charge on any atom is -0.462 e. The van der Waals surface area contributed by atoms with E-state index < -0.39 is 0 Å². The van der Waals surface area contributed by atoms with Gasteiger partial charge in [-0.05, 0) is 56.6 Å². The largest absolute Gasteiger partial charge is 0.462 e. The van der Waals surface area contributed by atoms with Crippen LogP contribution in [0.5, 0.6) is 0 Å². The second-order valence-electron chi connectivity index (χ2n) is 6.95. The Hall–Kier alpha value is -2.73. The summed E-state index contributed by atoms with van der Waals surface area (Å²) in [6.07, 6.45) is 1.70. The number of esters is 1. The number of hydrogen-bond acceptors (Lipinski definition) is 4. The molecule has 0 spiro atoms. The maximum absolute atomic E-state index is 13.9. The van der Waals surface area contributed by atoms with Gasteiger partial charge in [-0.15, -0.1) is 0 Å². The summed E-state index contributed by atoms with van der Waals surface area (Å²) in [6, 6.07) is 13.4. The molecule has 0 aromatic heterocycles. The predicted molar refractivity (Wildman–Crippen MR) is 105 cm³/mol. The summed E-state index contributed by atoms with van der Waals surface area (Å²) >= 11 is 0. The second-order valence-corrected chi connectivity index (χ2v) is 6.95. The number of nitrogens with one attached hydrogen (secondary N) is 1. The van der Waals surface area contributed by atoms with E-state index in [1.165, 1.54) is 6.07 Å². The molecule has 1 aliphatic heterocycles. The number of benzene rings is 2. The molecule has 1 fully saturated rings. The Bertz CT molecular complexity index is 823. The van der Waals surface area contributed by atoms with Crippen LogP contribution in [0, 0.1) is 11.7 Å². The van der Waals surface area contributed by atoms with Crippen molar-refractivity contribution in [3.63, 3.8) is 0 Å². The lowest BCUT2D eigenvalue weighted by Gasteiger charge is -2.32. The third kappa shape index (κ3) is 5.16. The minimum absolute atomic E-state index is 0.0536. The van der Waals surface area contributed by atoms with E-state index in [1.807, 2.05) is 6.07 Å². The highest BCUT2D eigenvalue weighted by molar-refractivity contribution is 5.94. The third-order valence-electron chi connectivity index (χ3n) is 4.89. The van der Waals surface area contributed by atoms with E-state index in [4.69, 9.17) is 4.74 Å². The van der Waals surface area contributed by atoms with Gasteiger partial charge in [-0.3, -0.25) is 9.69 Å². The maximum Gasteiger partial charge on any atom is 0.338 e. The van der Waals surface area contributed by atoms with Crippen molar-refractivity contribution in [3.8, 4) is 0 Å². The van der Waals surface area contributed by atoms with E-state index in [0.717, 1.165) is 19.4 Å². The number of carbonyl (C=O) groups is 2. The summed E-state index contributed by atoms with van der Waals surface area (Å²) < 4.78 is 18.8. The van der Waals surface area contributed by atoms with Crippen LogP contribution in [0.15, 0.2) is 48.5 Å². The number of piperidine rings is 1. The monoisotopic (exact) mass is 384 g/mol. The molecule has 1 atom stereocenters. The average Bonchev–Trinajstić information content (AvgIpc) is 2.71. The molecular weight excluding hydrogens is 359 g/mol. The minimum atomic E-state index is -0.378. The van der Waals surface area contributed by atoms with Crippen LogP contribution in [-0.4, -0.2) is 36.5 Å². The molecule has 1 N–H and O–H groups in total. The predicted octanol–water partition coefficient (Wildman–Crippen LogP) is 3.85. The molecule has 28 heavy (non-hydrogen) atoms. The van der Waals surface area contributed by atoms with Crippen molar-refractivity contribution in [2.45, 2.75) is 26.3 Å². The molecule has 1 amide bonds. The van der Waals surface area contributed by atoms with E-state index in [2.05, 4.69) is 10.2 Å². The van der Waals surface area contributed by atoms with Gasteiger partial charge < -0.3 is 10.1 Å². The lowest BCUT2D eigenvalue weighted by molar-refractivity contribution is -0.121. The summed E-state index contributed by atoms with van der Waals surface area (Å²) in [5, 5.41) is 2.91. The van der Waals surface area contributed by atoms with E-state index in [1.54, 1.807) is 43.3 Å². The number of nitrogens with zero attached hydrogens (tertiary/aromatic N) is 1. The summed E-state index contributed by atoms with van der Waals surface area (Å²) in [6.45, 7) is 4.03. The molecule has 0 bridgehead atoms. The van der Waals surface area contributed by atoms with Crippen molar-refractivity contribution in [3.05, 3.63) is 65.5 Å². The highest BCUT2D eigenvalue weighted by atomic mass is 19.1. The molecule has 1 heterocycles. The molecular formula is C22H25FN2O3. The highest BCUT2D eigenvalue weighted by Gasteiger charge is 2.26. The molecule has 0 saturated carbocycles. The van der Waals surface area contributed by atoms with Crippen LogP contribution >= 0.6 is 0 Å². The van der Waals surface area contributed by atoms with Gasteiger partial charge in [0, 0.05) is 24.3 Å². The van der Waals surface area contributed by atoms with Gasteiger partial charge in [0.15, 0.2) is 0 Å². The van der Waals surface area contributed by atoms with Gasteiger partial charge >= 0.3 is 5.97 Å². The first-order chi connectivity index (χ1) is 13.6. The van der Waals surface area contributed by atoms with Gasteiger partial charge in [-0.1, -0.05) is 18.2 Å². The molecule has 0 radical (unpaired) electrons. The van der Waals surface area contributed by atoms with Crippen LogP contribution in [0.3, 0.4) is 0 Å². The number of amides is 1. The molecule has 5 nitrogen and oxygen atoms in total. The number of halogens is 1. The lowest BCUT2D eigenvalue weighted by atomic mass is 9.96. The average molecular weight is 384 g/mol. The summed E-state index contributed by atoms with van der Waals surface area (Å²) in [4.78, 5) is 26.5. The van der Waals surface area contributed by atoms with E-state index in [-0.39, 0.29) is 23.6 Å². The first-order valence-corrected chi connectivity index (χ1v) is 9.60. The Balaban J connectivity index is 1.56. The number of likely N-dealkylation sites (tertiary alicyclic amines) is 1. The van der Waals surface area contributed by atoms with Crippen molar-refractivity contribution in [1.29, 1.82) is 0 Å². The van der Waals surface area contributed by atoms with Crippen molar-refractivity contribution >= 4 is 17.6 Å². The van der Waals surface area contributed by atoms with Crippen LogP contribution in [0.2, 0.25) is 0 Å². The van der Waals surface area contributed by atoms with Gasteiger partial charge in [0.2, 0.25) is 5.91 Å². The highest BCUT2D eigenvalue weighted by Crippen LogP contribution is 2.21. The maximum atomic E-state index is 13.9. The standard InChI is InChI=1S/C22H25FN2O3/c1-2-28-22(27)16-9-11-19(12-10-16)24-21(26)18-7-5-13-25(15-18)14-17-6-3-4-8-20(17)23/h3-4,6,8-12,18H,2,5,7,13-15H2,1H3,(H,24,26). The Morgan fingerprint density at radius 3 is 2.64 bits per heavy atom. The zero-order valence-corrected chi connectivity index (χ0v) is 16.0. The van der Waals surface area contributed by atoms with Gasteiger partial charge in [0.25, 0.3) is 0 Å². The number of carbonyl (C=O) groups excluding carboxylic acids is 2. The normalized spacial score (nSPS) is 17.1. The van der Waals surface area contributed by atoms with Crippen LogP contribution in [0.25, 0.3) is 0 Å². The fraction of sp³-hybridized carbons (Fsp3) is 0.364. The smallest absolute Gasteiger partial charge is 0.338 e. The molecule has 1 aliphatic rings. The molecule has 3 rings (SSSR count). The van der Waals surface area contributed by atoms with Gasteiger partial charge in [-0.25, -0.2) is 9.18 Å². The number of anilines is 1. The fourth-order valence-electron chi connectivity index (χ4n) is 3.43. The molecule has 1 unspecified atom stereocenters. The fourth-order valence-corrected chi connectivity index (χ4v) is 3.43. The zero-order valence-electron chi connectivity index (χ0n) is 16.0. The topological polar surface area (TPSA) is 58.6 Å². The summed E-state index contributed by atoms with van der Waals surface area (Å²) in [7, 11) is 0. The second kappa shape index (κ2) is 9.46. The van der Waals surface area contributed by atoms with Gasteiger partial charge in [0.1, 0.15) is 5.82 Å².